The maximum Gasteiger partial charge on any atom is 0.319 e. The Labute approximate surface area is 213 Å². The summed E-state index contributed by atoms with van der Waals surface area (Å²) >= 11 is 0. The van der Waals surface area contributed by atoms with Crippen molar-refractivity contribution < 1.29 is 28.8 Å². The molecule has 6 heteroatoms. The van der Waals surface area contributed by atoms with Gasteiger partial charge in [-0.15, -0.1) is 0 Å². The van der Waals surface area contributed by atoms with Crippen molar-refractivity contribution in [1.82, 2.24) is 0 Å². The van der Waals surface area contributed by atoms with Gasteiger partial charge < -0.3 is 24.1 Å². The molecule has 0 radical (unpaired) electrons. The van der Waals surface area contributed by atoms with E-state index in [-0.39, 0.29) is 26.4 Å². The molecule has 0 bridgehead atoms. The van der Waals surface area contributed by atoms with E-state index in [9.17, 15) is 9.90 Å². The van der Waals surface area contributed by atoms with Crippen molar-refractivity contribution in [2.75, 3.05) is 26.4 Å². The van der Waals surface area contributed by atoms with Gasteiger partial charge in [0.05, 0.1) is 52.4 Å². The number of aliphatic hydroxyl groups excluding tert-OH is 1. The van der Waals surface area contributed by atoms with Gasteiger partial charge in [0.1, 0.15) is 5.41 Å². The first-order valence-corrected chi connectivity index (χ1v) is 12.3. The second-order valence-corrected chi connectivity index (χ2v) is 8.99. The van der Waals surface area contributed by atoms with Crippen LogP contribution in [-0.4, -0.2) is 43.6 Å². The van der Waals surface area contributed by atoms with Gasteiger partial charge in [0.25, 0.3) is 0 Å². The largest absolute Gasteiger partial charge is 0.465 e. The molecule has 3 rings (SSSR count). The smallest absolute Gasteiger partial charge is 0.319 e. The molecule has 3 aromatic rings. The van der Waals surface area contributed by atoms with Gasteiger partial charge in [-0.2, -0.15) is 0 Å². The van der Waals surface area contributed by atoms with Crippen LogP contribution in [0.15, 0.2) is 91.0 Å². The lowest BCUT2D eigenvalue weighted by atomic mass is 9.91. The molecule has 0 amide bonds. The van der Waals surface area contributed by atoms with Crippen LogP contribution in [-0.2, 0) is 43.6 Å². The van der Waals surface area contributed by atoms with E-state index in [1.165, 1.54) is 0 Å². The fourth-order valence-electron chi connectivity index (χ4n) is 3.59. The third kappa shape index (κ3) is 9.55. The molecule has 0 saturated carbocycles. The Morgan fingerprint density at radius 1 is 0.694 bits per heavy atom. The molecule has 0 fully saturated rings. The second kappa shape index (κ2) is 15.2. The molecule has 192 valence electrons. The normalized spacial score (nSPS) is 12.3. The summed E-state index contributed by atoms with van der Waals surface area (Å²) in [5.41, 5.74) is 1.84. The zero-order chi connectivity index (χ0) is 25.5. The quantitative estimate of drug-likeness (QED) is 0.286. The Morgan fingerprint density at radius 3 is 1.39 bits per heavy atom. The van der Waals surface area contributed by atoms with Crippen LogP contribution in [0.25, 0.3) is 0 Å². The van der Waals surface area contributed by atoms with Gasteiger partial charge in [-0.25, -0.2) is 0 Å². The summed E-state index contributed by atoms with van der Waals surface area (Å²) in [6, 6.07) is 29.4. The predicted octanol–water partition coefficient (Wildman–Crippen LogP) is 4.94. The van der Waals surface area contributed by atoms with Crippen LogP contribution in [0.2, 0.25) is 0 Å². The van der Waals surface area contributed by atoms with Crippen LogP contribution in [0.1, 0.15) is 30.0 Å². The molecule has 0 aliphatic heterocycles. The molecule has 0 aliphatic carbocycles. The number of hydrogen-bond acceptors (Lipinski definition) is 6. The second-order valence-electron chi connectivity index (χ2n) is 8.99. The van der Waals surface area contributed by atoms with E-state index >= 15 is 0 Å². The van der Waals surface area contributed by atoms with Gasteiger partial charge in [0, 0.05) is 6.42 Å². The molecule has 1 unspecified atom stereocenters. The predicted molar refractivity (Wildman–Crippen MR) is 138 cm³/mol. The molecule has 3 aromatic carbocycles. The highest BCUT2D eigenvalue weighted by molar-refractivity contribution is 5.77. The molecule has 36 heavy (non-hydrogen) atoms. The van der Waals surface area contributed by atoms with Crippen LogP contribution >= 0.6 is 0 Å². The first-order chi connectivity index (χ1) is 17.6. The van der Waals surface area contributed by atoms with Gasteiger partial charge in [0.15, 0.2) is 0 Å². The van der Waals surface area contributed by atoms with Crippen LogP contribution in [0.4, 0.5) is 0 Å². The summed E-state index contributed by atoms with van der Waals surface area (Å²) in [5.74, 6) is -0.461. The zero-order valence-corrected chi connectivity index (χ0v) is 20.9. The number of aliphatic hydroxyl groups is 1. The summed E-state index contributed by atoms with van der Waals surface area (Å²) < 4.78 is 23.7. The summed E-state index contributed by atoms with van der Waals surface area (Å²) in [6.07, 6.45) is -0.215. The average molecular weight is 493 g/mol. The van der Waals surface area contributed by atoms with E-state index in [0.717, 1.165) is 16.7 Å². The Balaban J connectivity index is 1.72. The van der Waals surface area contributed by atoms with Crippen LogP contribution in [0.5, 0.6) is 0 Å². The van der Waals surface area contributed by atoms with E-state index in [0.29, 0.717) is 26.2 Å². The Bertz CT molecular complexity index is 881. The molecular weight excluding hydrogens is 456 g/mol. The zero-order valence-electron chi connectivity index (χ0n) is 20.9. The number of carbonyl (C=O) groups excluding carboxylic acids is 1. The Morgan fingerprint density at radius 2 is 1.06 bits per heavy atom. The highest BCUT2D eigenvalue weighted by Gasteiger charge is 2.42. The first-order valence-electron chi connectivity index (χ1n) is 12.3. The van der Waals surface area contributed by atoms with E-state index < -0.39 is 17.5 Å². The number of esters is 1. The molecule has 1 atom stereocenters. The van der Waals surface area contributed by atoms with Gasteiger partial charge in [-0.05, 0) is 23.6 Å². The highest BCUT2D eigenvalue weighted by atomic mass is 16.6. The Hall–Kier alpha value is -3.03. The lowest BCUT2D eigenvalue weighted by Gasteiger charge is -2.31. The fourth-order valence-corrected chi connectivity index (χ4v) is 3.59. The van der Waals surface area contributed by atoms with E-state index in [2.05, 4.69) is 0 Å². The van der Waals surface area contributed by atoms with Crippen molar-refractivity contribution in [1.29, 1.82) is 0 Å². The lowest BCUT2D eigenvalue weighted by molar-refractivity contribution is -0.174. The minimum atomic E-state index is -1.17. The number of rotatable bonds is 16. The number of carbonyl (C=O) groups is 1. The van der Waals surface area contributed by atoms with Crippen LogP contribution in [0, 0.1) is 5.41 Å². The van der Waals surface area contributed by atoms with Crippen molar-refractivity contribution >= 4 is 5.97 Å². The molecular formula is C30H36O6. The van der Waals surface area contributed by atoms with Crippen LogP contribution in [0.3, 0.4) is 0 Å². The molecule has 0 aromatic heterocycles. The van der Waals surface area contributed by atoms with Gasteiger partial charge in [-0.1, -0.05) is 91.0 Å². The standard InChI is InChI=1S/C30H36O6/c1-25(31)17-18-36-29(32)30(22-33-19-26-11-5-2-6-12-26,23-34-20-27-13-7-3-8-14-27)24-35-21-28-15-9-4-10-16-28/h2-16,25,31H,17-24H2,1H3. The van der Waals surface area contributed by atoms with Gasteiger partial charge >= 0.3 is 5.97 Å². The van der Waals surface area contributed by atoms with E-state index in [1.54, 1.807) is 6.92 Å². The number of benzene rings is 3. The topological polar surface area (TPSA) is 74.2 Å². The third-order valence-corrected chi connectivity index (χ3v) is 5.67. The molecule has 1 N–H and O–H groups in total. The van der Waals surface area contributed by atoms with Crippen LogP contribution < -0.4 is 0 Å². The molecule has 0 spiro atoms. The van der Waals surface area contributed by atoms with Crippen molar-refractivity contribution in [3.63, 3.8) is 0 Å². The Kier molecular flexibility index (Phi) is 11.6. The minimum absolute atomic E-state index is 0.0684. The summed E-state index contributed by atoms with van der Waals surface area (Å²) in [4.78, 5) is 13.4. The highest BCUT2D eigenvalue weighted by Crippen LogP contribution is 2.25. The SMILES string of the molecule is CC(O)CCOC(=O)C(COCc1ccccc1)(COCc1ccccc1)COCc1ccccc1. The van der Waals surface area contributed by atoms with E-state index in [4.69, 9.17) is 18.9 Å². The van der Waals surface area contributed by atoms with Gasteiger partial charge in [0.2, 0.25) is 0 Å². The fraction of sp³-hybridized carbons (Fsp3) is 0.367. The number of hydrogen-bond donors (Lipinski definition) is 1. The van der Waals surface area contributed by atoms with Crippen molar-refractivity contribution in [3.05, 3.63) is 108 Å². The third-order valence-electron chi connectivity index (χ3n) is 5.67. The first kappa shape index (κ1) is 27.6. The maximum absolute atomic E-state index is 13.4. The molecule has 6 nitrogen and oxygen atoms in total. The summed E-state index contributed by atoms with van der Waals surface area (Å²) in [6.45, 7) is 3.02. The van der Waals surface area contributed by atoms with Crippen molar-refractivity contribution in [3.8, 4) is 0 Å². The molecule has 0 saturated heterocycles. The average Bonchev–Trinajstić information content (AvgIpc) is 2.90. The molecule has 0 heterocycles. The molecule has 0 aliphatic rings. The maximum atomic E-state index is 13.4. The summed E-state index contributed by atoms with van der Waals surface area (Å²) in [5, 5.41) is 9.61. The van der Waals surface area contributed by atoms with Crippen molar-refractivity contribution in [2.45, 2.75) is 39.3 Å². The minimum Gasteiger partial charge on any atom is -0.465 e. The summed E-state index contributed by atoms with van der Waals surface area (Å²) in [7, 11) is 0. The lowest BCUT2D eigenvalue weighted by Crippen LogP contribution is -2.46. The van der Waals surface area contributed by atoms with E-state index in [1.807, 2.05) is 91.0 Å². The monoisotopic (exact) mass is 492 g/mol. The van der Waals surface area contributed by atoms with Crippen molar-refractivity contribution in [2.24, 2.45) is 5.41 Å². The number of ether oxygens (including phenoxy) is 4. The van der Waals surface area contributed by atoms with Gasteiger partial charge in [-0.3, -0.25) is 4.79 Å².